The fraction of sp³-hybridized carbons (Fsp3) is 0.444. The van der Waals surface area contributed by atoms with Crippen LogP contribution in [-0.4, -0.2) is 15.7 Å². The molecule has 2 aromatic rings. The summed E-state index contributed by atoms with van der Waals surface area (Å²) in [6, 6.07) is 9.91. The number of hydrogen-bond acceptors (Lipinski definition) is 4. The van der Waals surface area contributed by atoms with Gasteiger partial charge in [0.05, 0.1) is 6.07 Å². The lowest BCUT2D eigenvalue weighted by atomic mass is 9.77. The first-order valence-electron chi connectivity index (χ1n) is 8.21. The second-order valence-corrected chi connectivity index (χ2v) is 6.46. The van der Waals surface area contributed by atoms with E-state index in [9.17, 15) is 10.1 Å². The molecule has 1 atom stereocenters. The topological polar surface area (TPSA) is 71.8 Å². The van der Waals surface area contributed by atoms with Crippen LogP contribution in [0.4, 0.5) is 0 Å². The van der Waals surface area contributed by atoms with E-state index in [-0.39, 0.29) is 12.7 Å². The first-order valence-corrected chi connectivity index (χ1v) is 8.59. The first-order chi connectivity index (χ1) is 12.0. The van der Waals surface area contributed by atoms with Gasteiger partial charge >= 0.3 is 5.97 Å². The Bertz CT molecular complexity index is 751. The standard InChI is InChI=1S/C18H22ClN4O2/c1-3-4-9-18(10-20,16-5-7-17(19)8-6-16)11-23-13-22(12-21-23)14-25-15(2)24/h5-8,12-13H,3-4,9,11,14H2,1-2H3/q+1. The summed E-state index contributed by atoms with van der Waals surface area (Å²) in [6.45, 7) is 3.98. The Kier molecular flexibility index (Phi) is 6.54. The van der Waals surface area contributed by atoms with Crippen molar-refractivity contribution >= 4 is 17.6 Å². The second-order valence-electron chi connectivity index (χ2n) is 6.03. The third kappa shape index (κ3) is 5.04. The van der Waals surface area contributed by atoms with E-state index in [1.165, 1.54) is 6.92 Å². The van der Waals surface area contributed by atoms with Crippen LogP contribution in [0.3, 0.4) is 0 Å². The fourth-order valence-electron chi connectivity index (χ4n) is 2.67. The number of benzene rings is 1. The Morgan fingerprint density at radius 3 is 2.76 bits per heavy atom. The van der Waals surface area contributed by atoms with Crippen LogP contribution in [0.5, 0.6) is 0 Å². The van der Waals surface area contributed by atoms with Crippen LogP contribution >= 0.6 is 11.6 Å². The smallest absolute Gasteiger partial charge is 0.305 e. The van der Waals surface area contributed by atoms with Gasteiger partial charge in [0.15, 0.2) is 0 Å². The van der Waals surface area contributed by atoms with Crippen LogP contribution in [0.25, 0.3) is 0 Å². The average Bonchev–Trinajstić information content (AvgIpc) is 3.05. The molecule has 0 aliphatic heterocycles. The van der Waals surface area contributed by atoms with Gasteiger partial charge in [-0.1, -0.05) is 43.5 Å². The predicted molar refractivity (Wildman–Crippen MR) is 92.5 cm³/mol. The number of carbonyl (C=O) groups is 1. The Morgan fingerprint density at radius 1 is 1.44 bits per heavy atom. The molecule has 0 aliphatic carbocycles. The van der Waals surface area contributed by atoms with Gasteiger partial charge in [-0.15, -0.1) is 4.68 Å². The number of nitrogens with zero attached hydrogens (tertiary/aromatic N) is 4. The molecule has 25 heavy (non-hydrogen) atoms. The molecule has 0 fully saturated rings. The highest BCUT2D eigenvalue weighted by molar-refractivity contribution is 6.30. The molecule has 0 N–H and O–H groups in total. The highest BCUT2D eigenvalue weighted by Gasteiger charge is 2.35. The molecule has 132 valence electrons. The number of nitriles is 1. The highest BCUT2D eigenvalue weighted by atomic mass is 35.5. The SMILES string of the molecule is CCCCC(C#N)(Cn1c[n+](COC(C)=O)cn1)c1ccc(Cl)cc1. The summed E-state index contributed by atoms with van der Waals surface area (Å²) in [6.07, 6.45) is 5.97. The Morgan fingerprint density at radius 2 is 2.16 bits per heavy atom. The maximum Gasteiger partial charge on any atom is 0.305 e. The van der Waals surface area contributed by atoms with Crippen molar-refractivity contribution in [2.24, 2.45) is 0 Å². The zero-order valence-corrected chi connectivity index (χ0v) is 15.2. The van der Waals surface area contributed by atoms with Crippen molar-refractivity contribution in [3.63, 3.8) is 0 Å². The molecule has 7 heteroatoms. The monoisotopic (exact) mass is 361 g/mol. The molecule has 1 heterocycles. The van der Waals surface area contributed by atoms with Crippen molar-refractivity contribution in [3.05, 3.63) is 47.5 Å². The lowest BCUT2D eigenvalue weighted by Gasteiger charge is -2.24. The number of unbranched alkanes of at least 4 members (excludes halogenated alkanes) is 1. The van der Waals surface area contributed by atoms with Crippen molar-refractivity contribution in [1.82, 2.24) is 9.78 Å². The Hall–Kier alpha value is -2.39. The largest absolute Gasteiger partial charge is 0.431 e. The van der Waals surface area contributed by atoms with Crippen LogP contribution < -0.4 is 4.57 Å². The third-order valence-corrected chi connectivity index (χ3v) is 4.30. The van der Waals surface area contributed by atoms with Crippen molar-refractivity contribution in [3.8, 4) is 6.07 Å². The molecule has 1 aromatic heterocycles. The number of ether oxygens (including phenoxy) is 1. The molecular formula is C18H22ClN4O2+. The van der Waals surface area contributed by atoms with E-state index in [2.05, 4.69) is 18.1 Å². The number of esters is 1. The Balaban J connectivity index is 2.25. The summed E-state index contributed by atoms with van der Waals surface area (Å²) < 4.78 is 8.31. The number of rotatable bonds is 8. The molecule has 1 unspecified atom stereocenters. The van der Waals surface area contributed by atoms with Gasteiger partial charge in [-0.05, 0) is 24.1 Å². The van der Waals surface area contributed by atoms with Gasteiger partial charge in [0.2, 0.25) is 13.1 Å². The van der Waals surface area contributed by atoms with Crippen molar-refractivity contribution < 1.29 is 14.1 Å². The van der Waals surface area contributed by atoms with Crippen molar-refractivity contribution in [1.29, 1.82) is 5.26 Å². The molecule has 1 aromatic carbocycles. The van der Waals surface area contributed by atoms with Gasteiger partial charge in [-0.2, -0.15) is 5.26 Å². The second kappa shape index (κ2) is 8.63. The van der Waals surface area contributed by atoms with E-state index in [0.717, 1.165) is 24.8 Å². The molecule has 0 saturated carbocycles. The number of carbonyl (C=O) groups excluding carboxylic acids is 1. The maximum absolute atomic E-state index is 10.9. The normalized spacial score (nSPS) is 13.0. The van der Waals surface area contributed by atoms with Gasteiger partial charge in [0, 0.05) is 17.0 Å². The van der Waals surface area contributed by atoms with E-state index in [0.29, 0.717) is 11.6 Å². The first kappa shape index (κ1) is 18.9. The zero-order chi connectivity index (χ0) is 18.3. The minimum atomic E-state index is -0.689. The van der Waals surface area contributed by atoms with Gasteiger partial charge in [0.25, 0.3) is 6.33 Å². The maximum atomic E-state index is 10.9. The molecular weight excluding hydrogens is 340 g/mol. The van der Waals surface area contributed by atoms with E-state index < -0.39 is 5.41 Å². The molecule has 6 nitrogen and oxygen atoms in total. The van der Waals surface area contributed by atoms with Crippen LogP contribution in [0.15, 0.2) is 36.9 Å². The molecule has 0 saturated heterocycles. The average molecular weight is 362 g/mol. The van der Waals surface area contributed by atoms with Crippen LogP contribution in [0.2, 0.25) is 5.02 Å². The molecule has 0 aliphatic rings. The zero-order valence-electron chi connectivity index (χ0n) is 14.5. The van der Waals surface area contributed by atoms with Gasteiger partial charge in [-0.3, -0.25) is 4.79 Å². The lowest BCUT2D eigenvalue weighted by molar-refractivity contribution is -0.728. The van der Waals surface area contributed by atoms with Crippen molar-refractivity contribution in [2.75, 3.05) is 0 Å². The highest BCUT2D eigenvalue weighted by Crippen LogP contribution is 2.32. The van der Waals surface area contributed by atoms with Crippen molar-refractivity contribution in [2.45, 2.75) is 51.8 Å². The van der Waals surface area contributed by atoms with Gasteiger partial charge in [0.1, 0.15) is 12.0 Å². The van der Waals surface area contributed by atoms with Gasteiger partial charge < -0.3 is 4.74 Å². The van der Waals surface area contributed by atoms with Gasteiger partial charge in [-0.25, -0.2) is 4.57 Å². The summed E-state index contributed by atoms with van der Waals surface area (Å²) in [5, 5.41) is 14.9. The number of halogens is 1. The van der Waals surface area contributed by atoms with E-state index in [1.807, 2.05) is 12.1 Å². The molecule has 2 rings (SSSR count). The fourth-order valence-corrected chi connectivity index (χ4v) is 2.80. The van der Waals surface area contributed by atoms with Crippen LogP contribution in [-0.2, 0) is 28.2 Å². The summed E-state index contributed by atoms with van der Waals surface area (Å²) in [7, 11) is 0. The van der Waals surface area contributed by atoms with Crippen LogP contribution in [0.1, 0.15) is 38.7 Å². The van der Waals surface area contributed by atoms with E-state index in [1.54, 1.807) is 34.0 Å². The quantitative estimate of drug-likeness (QED) is 0.535. The minimum absolute atomic E-state index is 0.102. The van der Waals surface area contributed by atoms with E-state index in [4.69, 9.17) is 16.3 Å². The van der Waals surface area contributed by atoms with Crippen LogP contribution in [0, 0.1) is 11.3 Å². The third-order valence-electron chi connectivity index (χ3n) is 4.05. The number of hydrogen-bond donors (Lipinski definition) is 0. The van der Waals surface area contributed by atoms with E-state index >= 15 is 0 Å². The molecule has 0 amide bonds. The number of aromatic nitrogens is 3. The summed E-state index contributed by atoms with van der Waals surface area (Å²) in [4.78, 5) is 10.9. The summed E-state index contributed by atoms with van der Waals surface area (Å²) in [5.41, 5.74) is 0.237. The molecule has 0 spiro atoms. The molecule has 0 bridgehead atoms. The summed E-state index contributed by atoms with van der Waals surface area (Å²) in [5.74, 6) is -0.351. The lowest BCUT2D eigenvalue weighted by Crippen LogP contribution is -2.35. The molecule has 0 radical (unpaired) electrons. The Labute approximate surface area is 152 Å². The summed E-state index contributed by atoms with van der Waals surface area (Å²) >= 11 is 5.99. The predicted octanol–water partition coefficient (Wildman–Crippen LogP) is 3.00. The minimum Gasteiger partial charge on any atom is -0.431 e.